The van der Waals surface area contributed by atoms with Crippen molar-refractivity contribution in [2.45, 2.75) is 46.1 Å². The van der Waals surface area contributed by atoms with Crippen LogP contribution in [0.25, 0.3) is 0 Å². The fourth-order valence-electron chi connectivity index (χ4n) is 4.04. The molecule has 4 rings (SSSR count). The number of allylic oxidation sites excluding steroid dienone is 2. The number of hydrogen-bond donors (Lipinski definition) is 3. The summed E-state index contributed by atoms with van der Waals surface area (Å²) in [5.41, 5.74) is 11.8. The number of benzene rings is 2. The van der Waals surface area contributed by atoms with E-state index >= 15 is 0 Å². The molecule has 1 aliphatic rings. The number of hydrogen-bond acceptors (Lipinski definition) is 5. The number of ketones is 1. The third-order valence-electron chi connectivity index (χ3n) is 6.15. The van der Waals surface area contributed by atoms with Gasteiger partial charge in [-0.25, -0.2) is 0 Å². The van der Waals surface area contributed by atoms with E-state index in [4.69, 9.17) is 22.7 Å². The zero-order chi connectivity index (χ0) is 27.5. The molecule has 0 spiro atoms. The highest BCUT2D eigenvalue weighted by Crippen LogP contribution is 2.19. The third-order valence-corrected chi connectivity index (χ3v) is 6.38. The van der Waals surface area contributed by atoms with Gasteiger partial charge in [0.2, 0.25) is 0 Å². The average Bonchev–Trinajstić information content (AvgIpc) is 2.92. The zero-order valence-electron chi connectivity index (χ0n) is 22.0. The first-order valence-corrected chi connectivity index (χ1v) is 13.2. The number of anilines is 1. The Balaban J connectivity index is 0.000000279. The lowest BCUT2D eigenvalue weighted by Gasteiger charge is -2.15. The van der Waals surface area contributed by atoms with Gasteiger partial charge in [0.25, 0.3) is 5.56 Å². The van der Waals surface area contributed by atoms with Crippen molar-refractivity contribution in [3.8, 4) is 0 Å². The molecule has 0 unspecified atom stereocenters. The number of carbonyl (C=O) groups is 1. The van der Waals surface area contributed by atoms with Crippen molar-refractivity contribution >= 4 is 28.8 Å². The number of dihydropyridines is 1. The lowest BCUT2D eigenvalue weighted by Crippen LogP contribution is -2.19. The highest BCUT2D eigenvalue weighted by molar-refractivity contribution is 6.31. The molecular formula is C31H35ClN4O2. The molecule has 2 heterocycles. The van der Waals surface area contributed by atoms with Crippen LogP contribution in [-0.2, 0) is 17.8 Å². The second kappa shape index (κ2) is 14.1. The van der Waals surface area contributed by atoms with E-state index in [0.29, 0.717) is 35.8 Å². The number of nitrogen functional groups attached to an aromatic ring is 1. The van der Waals surface area contributed by atoms with E-state index in [1.54, 1.807) is 41.1 Å². The number of carbonyl (C=O) groups excluding carboxylic acids is 1. The lowest BCUT2D eigenvalue weighted by molar-refractivity contribution is -0.115. The molecule has 6 nitrogen and oxygen atoms in total. The van der Waals surface area contributed by atoms with E-state index in [0.717, 1.165) is 36.1 Å². The zero-order valence-corrected chi connectivity index (χ0v) is 22.7. The summed E-state index contributed by atoms with van der Waals surface area (Å²) < 4.78 is 1.69. The van der Waals surface area contributed by atoms with Crippen LogP contribution in [0.3, 0.4) is 0 Å². The molecule has 0 amide bonds. The number of aromatic nitrogens is 1. The van der Waals surface area contributed by atoms with Crippen molar-refractivity contribution in [1.82, 2.24) is 9.88 Å². The Labute approximate surface area is 229 Å². The number of nitrogens with zero attached hydrogens (tertiary/aromatic N) is 1. The number of nitrogens with two attached hydrogens (primary N) is 1. The first kappa shape index (κ1) is 28.7. The summed E-state index contributed by atoms with van der Waals surface area (Å²) in [6, 6.07) is 18.7. The second-order valence-electron chi connectivity index (χ2n) is 9.18. The Morgan fingerprint density at radius 1 is 1.08 bits per heavy atom. The van der Waals surface area contributed by atoms with E-state index in [1.807, 2.05) is 32.2 Å². The van der Waals surface area contributed by atoms with Gasteiger partial charge in [-0.2, -0.15) is 0 Å². The lowest BCUT2D eigenvalue weighted by atomic mass is 9.97. The van der Waals surface area contributed by atoms with Gasteiger partial charge in [-0.05, 0) is 66.3 Å². The first-order chi connectivity index (χ1) is 18.3. The van der Waals surface area contributed by atoms with Gasteiger partial charge in [-0.3, -0.25) is 9.59 Å². The van der Waals surface area contributed by atoms with Crippen molar-refractivity contribution in [2.75, 3.05) is 12.3 Å². The molecule has 0 aliphatic carbocycles. The third kappa shape index (κ3) is 8.32. The quantitative estimate of drug-likeness (QED) is 0.236. The molecular weight excluding hydrogens is 496 g/mol. The molecule has 0 saturated carbocycles. The largest absolute Gasteiger partial charge is 0.398 e. The molecule has 38 heavy (non-hydrogen) atoms. The molecule has 7 heteroatoms. The normalized spacial score (nSPS) is 12.4. The van der Waals surface area contributed by atoms with E-state index in [2.05, 4.69) is 29.6 Å². The number of nitrogens with one attached hydrogen (secondary N) is 2. The SMILES string of the molecule is CCC(=N)c1cc(Cl)ccc1N.CCCC(=O)C1=CNCC(Cc2ccc(Cn3ccccc3=O)cc2)=C1. The Morgan fingerprint density at radius 3 is 2.50 bits per heavy atom. The smallest absolute Gasteiger partial charge is 0.250 e. The Hall–Kier alpha value is -3.90. The molecule has 3 aromatic rings. The minimum absolute atomic E-state index is 0.00563. The summed E-state index contributed by atoms with van der Waals surface area (Å²) in [6.45, 7) is 5.28. The van der Waals surface area contributed by atoms with Crippen molar-refractivity contribution in [3.05, 3.63) is 122 Å². The predicted molar refractivity (Wildman–Crippen MR) is 157 cm³/mol. The Morgan fingerprint density at radius 2 is 1.82 bits per heavy atom. The summed E-state index contributed by atoms with van der Waals surface area (Å²) >= 11 is 5.77. The van der Waals surface area contributed by atoms with Crippen molar-refractivity contribution < 1.29 is 4.79 Å². The maximum absolute atomic E-state index is 12.1. The molecule has 2 aromatic carbocycles. The maximum Gasteiger partial charge on any atom is 0.250 e. The first-order valence-electron chi connectivity index (χ1n) is 12.8. The molecule has 1 aliphatic heterocycles. The number of rotatable bonds is 9. The van der Waals surface area contributed by atoms with Crippen LogP contribution >= 0.6 is 11.6 Å². The van der Waals surface area contributed by atoms with Crippen molar-refractivity contribution in [1.29, 1.82) is 5.41 Å². The molecule has 1 aromatic heterocycles. The molecule has 0 fully saturated rings. The van der Waals surface area contributed by atoms with E-state index < -0.39 is 0 Å². The number of Topliss-reactive ketones (excluding diaryl/α,β-unsaturated/α-hetero) is 1. The summed E-state index contributed by atoms with van der Waals surface area (Å²) in [5.74, 6) is 0.195. The highest BCUT2D eigenvalue weighted by Gasteiger charge is 2.12. The maximum atomic E-state index is 12.1. The fraction of sp³-hybridized carbons (Fsp3) is 0.258. The van der Waals surface area contributed by atoms with Crippen molar-refractivity contribution in [3.63, 3.8) is 0 Å². The fourth-order valence-corrected chi connectivity index (χ4v) is 4.22. The van der Waals surface area contributed by atoms with Crippen LogP contribution in [0.5, 0.6) is 0 Å². The van der Waals surface area contributed by atoms with Crippen LogP contribution in [0.15, 0.2) is 95.1 Å². The predicted octanol–water partition coefficient (Wildman–Crippen LogP) is 5.92. The van der Waals surface area contributed by atoms with Gasteiger partial charge in [-0.1, -0.05) is 55.8 Å². The van der Waals surface area contributed by atoms with E-state index in [9.17, 15) is 9.59 Å². The topological polar surface area (TPSA) is 101 Å². The Bertz CT molecular complexity index is 1390. The van der Waals surface area contributed by atoms with Gasteiger partial charge in [0.1, 0.15) is 0 Å². The van der Waals surface area contributed by atoms with E-state index in [-0.39, 0.29) is 11.3 Å². The van der Waals surface area contributed by atoms with Gasteiger partial charge >= 0.3 is 0 Å². The van der Waals surface area contributed by atoms with Crippen LogP contribution in [0.1, 0.15) is 49.8 Å². The second-order valence-corrected chi connectivity index (χ2v) is 9.62. The van der Waals surface area contributed by atoms with Crippen LogP contribution < -0.4 is 16.6 Å². The summed E-state index contributed by atoms with van der Waals surface area (Å²) in [7, 11) is 0. The Kier molecular flexibility index (Phi) is 10.7. The van der Waals surface area contributed by atoms with Gasteiger partial charge in [0, 0.05) is 59.0 Å². The molecule has 0 atom stereocenters. The van der Waals surface area contributed by atoms with Gasteiger partial charge in [-0.15, -0.1) is 0 Å². The van der Waals surface area contributed by atoms with Crippen LogP contribution in [0, 0.1) is 5.41 Å². The molecule has 0 saturated heterocycles. The monoisotopic (exact) mass is 530 g/mol. The number of halogens is 1. The average molecular weight is 531 g/mol. The minimum atomic E-state index is 0.00563. The van der Waals surface area contributed by atoms with Crippen LogP contribution in [0.4, 0.5) is 5.69 Å². The minimum Gasteiger partial charge on any atom is -0.398 e. The van der Waals surface area contributed by atoms with Gasteiger partial charge in [0.05, 0.1) is 6.54 Å². The molecule has 0 bridgehead atoms. The summed E-state index contributed by atoms with van der Waals surface area (Å²) in [4.78, 5) is 23.9. The van der Waals surface area contributed by atoms with Gasteiger partial charge in [0.15, 0.2) is 5.78 Å². The molecule has 198 valence electrons. The summed E-state index contributed by atoms with van der Waals surface area (Å²) in [5, 5.41) is 11.4. The molecule has 0 radical (unpaired) electrons. The standard InChI is InChI=1S/C22H24N2O2.C9H11ClN2/c1-2-5-21(25)20-13-19(14-23-15-20)12-17-7-9-18(10-8-17)16-24-11-4-3-6-22(24)26;1-2-8(11)7-5-6(10)3-4-9(7)12/h3-4,6-11,13,15,23H,2,5,12,14,16H2,1H3;3-5,11H,2,12H2,1H3. The number of pyridine rings is 1. The van der Waals surface area contributed by atoms with Crippen LogP contribution in [-0.4, -0.2) is 22.6 Å². The highest BCUT2D eigenvalue weighted by atomic mass is 35.5. The summed E-state index contributed by atoms with van der Waals surface area (Å²) in [6.07, 6.45) is 8.58. The molecule has 4 N–H and O–H groups in total. The van der Waals surface area contributed by atoms with E-state index in [1.165, 1.54) is 11.1 Å². The van der Waals surface area contributed by atoms with Crippen molar-refractivity contribution in [2.24, 2.45) is 0 Å². The van der Waals surface area contributed by atoms with Gasteiger partial charge < -0.3 is 21.0 Å². The van der Waals surface area contributed by atoms with Crippen LogP contribution in [0.2, 0.25) is 5.02 Å².